The molecule has 2 rings (SSSR count). The normalized spacial score (nSPS) is 15.6. The molecule has 0 atom stereocenters. The SMILES string of the molecule is CCc1ccccc1CNC(=O)C1CNC1. The molecular formula is C13H18N2O. The van der Waals surface area contributed by atoms with Crippen molar-refractivity contribution in [3.05, 3.63) is 35.4 Å². The maximum Gasteiger partial charge on any atom is 0.225 e. The highest BCUT2D eigenvalue weighted by Crippen LogP contribution is 2.10. The van der Waals surface area contributed by atoms with Crippen molar-refractivity contribution >= 4 is 5.91 Å². The Morgan fingerprint density at radius 2 is 2.06 bits per heavy atom. The average molecular weight is 218 g/mol. The van der Waals surface area contributed by atoms with Gasteiger partial charge in [-0.1, -0.05) is 31.2 Å². The van der Waals surface area contributed by atoms with Gasteiger partial charge in [0.15, 0.2) is 0 Å². The van der Waals surface area contributed by atoms with Crippen LogP contribution in [0.15, 0.2) is 24.3 Å². The second-order valence-corrected chi connectivity index (χ2v) is 4.20. The Morgan fingerprint density at radius 3 is 2.62 bits per heavy atom. The molecule has 1 amide bonds. The maximum atomic E-state index is 11.6. The number of nitrogens with one attached hydrogen (secondary N) is 2. The Balaban J connectivity index is 1.90. The molecule has 0 aromatic heterocycles. The summed E-state index contributed by atoms with van der Waals surface area (Å²) in [6, 6.07) is 8.26. The quantitative estimate of drug-likeness (QED) is 0.794. The lowest BCUT2D eigenvalue weighted by molar-refractivity contribution is -0.126. The number of rotatable bonds is 4. The van der Waals surface area contributed by atoms with E-state index >= 15 is 0 Å². The predicted octanol–water partition coefficient (Wildman–Crippen LogP) is 1.08. The molecule has 3 nitrogen and oxygen atoms in total. The van der Waals surface area contributed by atoms with Crippen molar-refractivity contribution in [3.8, 4) is 0 Å². The van der Waals surface area contributed by atoms with Crippen LogP contribution in [0.1, 0.15) is 18.1 Å². The highest BCUT2D eigenvalue weighted by atomic mass is 16.2. The Hall–Kier alpha value is -1.35. The van der Waals surface area contributed by atoms with Crippen LogP contribution in [-0.4, -0.2) is 19.0 Å². The minimum atomic E-state index is 0.171. The highest BCUT2D eigenvalue weighted by molar-refractivity contribution is 5.80. The van der Waals surface area contributed by atoms with E-state index < -0.39 is 0 Å². The lowest BCUT2D eigenvalue weighted by atomic mass is 10.0. The molecular weight excluding hydrogens is 200 g/mol. The third-order valence-electron chi connectivity index (χ3n) is 3.10. The number of carbonyl (C=O) groups excluding carboxylic acids is 1. The van der Waals surface area contributed by atoms with Crippen LogP contribution >= 0.6 is 0 Å². The van der Waals surface area contributed by atoms with E-state index in [0.717, 1.165) is 19.5 Å². The lowest BCUT2D eigenvalue weighted by Crippen LogP contribution is -2.50. The molecule has 16 heavy (non-hydrogen) atoms. The second-order valence-electron chi connectivity index (χ2n) is 4.20. The first kappa shape index (κ1) is 11.1. The summed E-state index contributed by atoms with van der Waals surface area (Å²) in [6.07, 6.45) is 1.01. The van der Waals surface area contributed by atoms with Crippen LogP contribution in [0.4, 0.5) is 0 Å². The minimum absolute atomic E-state index is 0.171. The summed E-state index contributed by atoms with van der Waals surface area (Å²) >= 11 is 0. The fourth-order valence-electron chi connectivity index (χ4n) is 1.88. The maximum absolute atomic E-state index is 11.6. The topological polar surface area (TPSA) is 41.1 Å². The van der Waals surface area contributed by atoms with E-state index in [1.807, 2.05) is 12.1 Å². The fraction of sp³-hybridized carbons (Fsp3) is 0.462. The molecule has 0 spiro atoms. The molecule has 0 saturated carbocycles. The van der Waals surface area contributed by atoms with Crippen molar-refractivity contribution < 1.29 is 4.79 Å². The van der Waals surface area contributed by atoms with E-state index in [0.29, 0.717) is 6.54 Å². The third-order valence-corrected chi connectivity index (χ3v) is 3.10. The van der Waals surface area contributed by atoms with Gasteiger partial charge in [0.1, 0.15) is 0 Å². The van der Waals surface area contributed by atoms with Crippen LogP contribution in [-0.2, 0) is 17.8 Å². The first-order valence-corrected chi connectivity index (χ1v) is 5.86. The van der Waals surface area contributed by atoms with E-state index in [1.54, 1.807) is 0 Å². The summed E-state index contributed by atoms with van der Waals surface area (Å²) in [5.41, 5.74) is 2.54. The summed E-state index contributed by atoms with van der Waals surface area (Å²) in [5.74, 6) is 0.346. The van der Waals surface area contributed by atoms with Gasteiger partial charge in [-0.15, -0.1) is 0 Å². The van der Waals surface area contributed by atoms with E-state index in [9.17, 15) is 4.79 Å². The van der Waals surface area contributed by atoms with Gasteiger partial charge in [0.2, 0.25) is 5.91 Å². The van der Waals surface area contributed by atoms with Crippen LogP contribution in [0.3, 0.4) is 0 Å². The van der Waals surface area contributed by atoms with Gasteiger partial charge in [0, 0.05) is 19.6 Å². The minimum Gasteiger partial charge on any atom is -0.352 e. The molecule has 1 heterocycles. The van der Waals surface area contributed by atoms with E-state index in [1.165, 1.54) is 11.1 Å². The molecule has 0 aliphatic carbocycles. The molecule has 1 fully saturated rings. The summed E-state index contributed by atoms with van der Waals surface area (Å²) in [5, 5.41) is 6.10. The Bertz CT molecular complexity index is 372. The smallest absolute Gasteiger partial charge is 0.225 e. The third kappa shape index (κ3) is 2.42. The van der Waals surface area contributed by atoms with Gasteiger partial charge >= 0.3 is 0 Å². The first-order valence-electron chi connectivity index (χ1n) is 5.86. The number of amides is 1. The summed E-state index contributed by atoms with van der Waals surface area (Å²) in [6.45, 7) is 4.43. The van der Waals surface area contributed by atoms with Crippen LogP contribution in [0.5, 0.6) is 0 Å². The zero-order valence-corrected chi connectivity index (χ0v) is 9.62. The van der Waals surface area contributed by atoms with Gasteiger partial charge in [-0.3, -0.25) is 4.79 Å². The van der Waals surface area contributed by atoms with Gasteiger partial charge in [0.05, 0.1) is 5.92 Å². The summed E-state index contributed by atoms with van der Waals surface area (Å²) < 4.78 is 0. The van der Waals surface area contributed by atoms with Crippen LogP contribution < -0.4 is 10.6 Å². The number of hydrogen-bond acceptors (Lipinski definition) is 2. The Labute approximate surface area is 96.2 Å². The molecule has 1 saturated heterocycles. The predicted molar refractivity (Wildman–Crippen MR) is 64.0 cm³/mol. The van der Waals surface area contributed by atoms with Gasteiger partial charge in [0.25, 0.3) is 0 Å². The molecule has 1 aromatic carbocycles. The largest absolute Gasteiger partial charge is 0.352 e. The molecule has 1 aliphatic rings. The lowest BCUT2D eigenvalue weighted by Gasteiger charge is -2.25. The van der Waals surface area contributed by atoms with E-state index in [4.69, 9.17) is 0 Å². The number of hydrogen-bond donors (Lipinski definition) is 2. The standard InChI is InChI=1S/C13H18N2O/c1-2-10-5-3-4-6-11(10)9-15-13(16)12-7-14-8-12/h3-6,12,14H,2,7-9H2,1H3,(H,15,16). The molecule has 3 heteroatoms. The van der Waals surface area contributed by atoms with Crippen LogP contribution in [0, 0.1) is 5.92 Å². The molecule has 0 unspecified atom stereocenters. The molecule has 0 radical (unpaired) electrons. The highest BCUT2D eigenvalue weighted by Gasteiger charge is 2.24. The van der Waals surface area contributed by atoms with E-state index in [2.05, 4.69) is 29.7 Å². The average Bonchev–Trinajstić information content (AvgIpc) is 2.24. The molecule has 86 valence electrons. The van der Waals surface area contributed by atoms with Gasteiger partial charge in [-0.2, -0.15) is 0 Å². The molecule has 1 aliphatic heterocycles. The zero-order valence-electron chi connectivity index (χ0n) is 9.62. The summed E-state index contributed by atoms with van der Waals surface area (Å²) in [4.78, 5) is 11.6. The van der Waals surface area contributed by atoms with Crippen molar-refractivity contribution in [2.24, 2.45) is 5.92 Å². The van der Waals surface area contributed by atoms with Crippen molar-refractivity contribution in [2.75, 3.05) is 13.1 Å². The monoisotopic (exact) mass is 218 g/mol. The molecule has 1 aromatic rings. The molecule has 0 bridgehead atoms. The first-order chi connectivity index (χ1) is 7.81. The fourth-order valence-corrected chi connectivity index (χ4v) is 1.88. The van der Waals surface area contributed by atoms with Crippen LogP contribution in [0.2, 0.25) is 0 Å². The van der Waals surface area contributed by atoms with Crippen molar-refractivity contribution in [3.63, 3.8) is 0 Å². The number of carbonyl (C=O) groups is 1. The zero-order chi connectivity index (χ0) is 11.4. The summed E-state index contributed by atoms with van der Waals surface area (Å²) in [7, 11) is 0. The van der Waals surface area contributed by atoms with Crippen molar-refractivity contribution in [1.29, 1.82) is 0 Å². The Kier molecular flexibility index (Phi) is 3.57. The Morgan fingerprint density at radius 1 is 1.38 bits per heavy atom. The van der Waals surface area contributed by atoms with E-state index in [-0.39, 0.29) is 11.8 Å². The molecule has 2 N–H and O–H groups in total. The van der Waals surface area contributed by atoms with Gasteiger partial charge < -0.3 is 10.6 Å². The number of aryl methyl sites for hydroxylation is 1. The van der Waals surface area contributed by atoms with Gasteiger partial charge in [-0.05, 0) is 17.5 Å². The number of benzene rings is 1. The van der Waals surface area contributed by atoms with Gasteiger partial charge in [-0.25, -0.2) is 0 Å². The second kappa shape index (κ2) is 5.12. The van der Waals surface area contributed by atoms with Crippen molar-refractivity contribution in [1.82, 2.24) is 10.6 Å². The van der Waals surface area contributed by atoms with Crippen molar-refractivity contribution in [2.45, 2.75) is 19.9 Å². The van der Waals surface area contributed by atoms with Crippen LogP contribution in [0.25, 0.3) is 0 Å².